The maximum absolute atomic E-state index is 12.5. The number of carbonyl (C=O) groups is 2. The van der Waals surface area contributed by atoms with Gasteiger partial charge in [0.25, 0.3) is 0 Å². The minimum atomic E-state index is -0.150. The summed E-state index contributed by atoms with van der Waals surface area (Å²) in [5, 5.41) is 8.85. The van der Waals surface area contributed by atoms with Crippen LogP contribution in [0.25, 0.3) is 0 Å². The Morgan fingerprint density at radius 3 is 2.44 bits per heavy atom. The van der Waals surface area contributed by atoms with Crippen LogP contribution in [0.3, 0.4) is 0 Å². The van der Waals surface area contributed by atoms with E-state index in [1.165, 1.54) is 0 Å². The first-order valence-electron chi connectivity index (χ1n) is 8.81. The summed E-state index contributed by atoms with van der Waals surface area (Å²) in [7, 11) is 0. The molecule has 0 saturated carbocycles. The van der Waals surface area contributed by atoms with E-state index in [0.29, 0.717) is 25.2 Å². The minimum absolute atomic E-state index is 0.0615. The van der Waals surface area contributed by atoms with Crippen molar-refractivity contribution in [1.82, 2.24) is 14.7 Å². The van der Waals surface area contributed by atoms with Crippen molar-refractivity contribution in [3.05, 3.63) is 35.4 Å². The third kappa shape index (κ3) is 3.67. The summed E-state index contributed by atoms with van der Waals surface area (Å²) in [6.45, 7) is 7.05. The minimum Gasteiger partial charge on any atom is -0.339 e. The van der Waals surface area contributed by atoms with Crippen LogP contribution in [0.4, 0.5) is 0 Å². The molecule has 1 atom stereocenters. The lowest BCUT2D eigenvalue weighted by Crippen LogP contribution is -2.55. The van der Waals surface area contributed by atoms with E-state index in [-0.39, 0.29) is 23.9 Å². The molecule has 6 nitrogen and oxygen atoms in total. The molecule has 2 aliphatic rings. The fourth-order valence-electron chi connectivity index (χ4n) is 3.60. The highest BCUT2D eigenvalue weighted by atomic mass is 16.2. The van der Waals surface area contributed by atoms with E-state index in [9.17, 15) is 9.59 Å². The molecule has 0 aliphatic carbocycles. The molecular weight excluding hydrogens is 316 g/mol. The van der Waals surface area contributed by atoms with Gasteiger partial charge in [-0.3, -0.25) is 14.5 Å². The van der Waals surface area contributed by atoms with E-state index >= 15 is 0 Å². The molecule has 3 rings (SSSR count). The molecule has 2 heterocycles. The number of hydrogen-bond donors (Lipinski definition) is 0. The van der Waals surface area contributed by atoms with Gasteiger partial charge in [-0.05, 0) is 38.0 Å². The van der Waals surface area contributed by atoms with Crippen LogP contribution in [0.15, 0.2) is 24.3 Å². The average molecular weight is 340 g/mol. The Morgan fingerprint density at radius 1 is 1.16 bits per heavy atom. The van der Waals surface area contributed by atoms with Crippen molar-refractivity contribution in [1.29, 1.82) is 5.26 Å². The van der Waals surface area contributed by atoms with E-state index in [0.717, 1.165) is 25.1 Å². The zero-order valence-corrected chi connectivity index (χ0v) is 14.8. The Kier molecular flexibility index (Phi) is 5.05. The smallest absolute Gasteiger partial charge is 0.240 e. The normalized spacial score (nSPS) is 21.9. The summed E-state index contributed by atoms with van der Waals surface area (Å²) in [5.74, 6) is 0.217. The standard InChI is InChI=1S/C19H24N4O2/c1-14(2)23-8-7-17(19(23)25)21-9-10-22(18(24)13-21)12-16-5-3-15(11-20)4-6-16/h3-6,14,17H,7-10,12-13H2,1-2H3/t17-/m0/s1. The molecule has 0 radical (unpaired) electrons. The largest absolute Gasteiger partial charge is 0.339 e. The van der Waals surface area contributed by atoms with Crippen molar-refractivity contribution in [2.45, 2.75) is 38.9 Å². The number of rotatable bonds is 4. The van der Waals surface area contributed by atoms with Crippen LogP contribution in [0.1, 0.15) is 31.4 Å². The molecule has 2 fully saturated rings. The Labute approximate surface area is 148 Å². The Bertz CT molecular complexity index is 692. The lowest BCUT2D eigenvalue weighted by molar-refractivity contribution is -0.141. The fourth-order valence-corrected chi connectivity index (χ4v) is 3.60. The second-order valence-corrected chi connectivity index (χ2v) is 7.02. The van der Waals surface area contributed by atoms with Crippen LogP contribution >= 0.6 is 0 Å². The fraction of sp³-hybridized carbons (Fsp3) is 0.526. The van der Waals surface area contributed by atoms with Gasteiger partial charge in [0.1, 0.15) is 0 Å². The van der Waals surface area contributed by atoms with Crippen LogP contribution in [-0.2, 0) is 16.1 Å². The number of nitrogens with zero attached hydrogens (tertiary/aromatic N) is 4. The van der Waals surface area contributed by atoms with Gasteiger partial charge in [-0.2, -0.15) is 5.26 Å². The first-order chi connectivity index (χ1) is 12.0. The number of likely N-dealkylation sites (tertiary alicyclic amines) is 1. The molecular formula is C19H24N4O2. The first kappa shape index (κ1) is 17.4. The topological polar surface area (TPSA) is 67.7 Å². The molecule has 2 saturated heterocycles. The lowest BCUT2D eigenvalue weighted by atomic mass is 10.1. The van der Waals surface area contributed by atoms with Gasteiger partial charge in [-0.15, -0.1) is 0 Å². The van der Waals surface area contributed by atoms with Gasteiger partial charge in [-0.1, -0.05) is 12.1 Å². The Hall–Kier alpha value is -2.39. The zero-order valence-electron chi connectivity index (χ0n) is 14.8. The van der Waals surface area contributed by atoms with Crippen molar-refractivity contribution in [3.63, 3.8) is 0 Å². The van der Waals surface area contributed by atoms with Crippen LogP contribution in [0.2, 0.25) is 0 Å². The zero-order chi connectivity index (χ0) is 18.0. The predicted octanol–water partition coefficient (Wildman–Crippen LogP) is 1.21. The summed E-state index contributed by atoms with van der Waals surface area (Å²) < 4.78 is 0. The van der Waals surface area contributed by atoms with Gasteiger partial charge < -0.3 is 9.80 Å². The first-order valence-corrected chi connectivity index (χ1v) is 8.81. The van der Waals surface area contributed by atoms with Crippen molar-refractivity contribution >= 4 is 11.8 Å². The third-order valence-electron chi connectivity index (χ3n) is 5.08. The van der Waals surface area contributed by atoms with E-state index in [4.69, 9.17) is 5.26 Å². The molecule has 0 aromatic heterocycles. The van der Waals surface area contributed by atoms with Gasteiger partial charge in [0.15, 0.2) is 0 Å². The SMILES string of the molecule is CC(C)N1CC[C@H](N2CCN(Cc3ccc(C#N)cc3)C(=O)C2)C1=O. The summed E-state index contributed by atoms with van der Waals surface area (Å²) in [4.78, 5) is 30.8. The molecule has 0 unspecified atom stereocenters. The lowest BCUT2D eigenvalue weighted by Gasteiger charge is -2.37. The number of benzene rings is 1. The van der Waals surface area contributed by atoms with Crippen LogP contribution in [-0.4, -0.2) is 64.8 Å². The van der Waals surface area contributed by atoms with Crippen LogP contribution in [0.5, 0.6) is 0 Å². The average Bonchev–Trinajstić information content (AvgIpc) is 2.99. The molecule has 6 heteroatoms. The van der Waals surface area contributed by atoms with Crippen LogP contribution < -0.4 is 0 Å². The van der Waals surface area contributed by atoms with E-state index in [1.807, 2.05) is 40.7 Å². The number of amides is 2. The number of piperazine rings is 1. The highest BCUT2D eigenvalue weighted by Gasteiger charge is 2.39. The van der Waals surface area contributed by atoms with Crippen molar-refractivity contribution < 1.29 is 9.59 Å². The van der Waals surface area contributed by atoms with Gasteiger partial charge in [0, 0.05) is 32.2 Å². The number of nitriles is 1. The maximum Gasteiger partial charge on any atom is 0.240 e. The highest BCUT2D eigenvalue weighted by molar-refractivity contribution is 5.86. The summed E-state index contributed by atoms with van der Waals surface area (Å²) in [5.41, 5.74) is 1.64. The summed E-state index contributed by atoms with van der Waals surface area (Å²) >= 11 is 0. The highest BCUT2D eigenvalue weighted by Crippen LogP contribution is 2.21. The molecule has 2 amide bonds. The number of carbonyl (C=O) groups excluding carboxylic acids is 2. The Balaban J connectivity index is 1.58. The summed E-state index contributed by atoms with van der Waals surface area (Å²) in [6, 6.07) is 9.48. The van der Waals surface area contributed by atoms with Crippen molar-refractivity contribution in [2.24, 2.45) is 0 Å². The molecule has 0 spiro atoms. The van der Waals surface area contributed by atoms with Crippen molar-refractivity contribution in [2.75, 3.05) is 26.2 Å². The number of hydrogen-bond acceptors (Lipinski definition) is 4. The van der Waals surface area contributed by atoms with Crippen molar-refractivity contribution in [3.8, 4) is 6.07 Å². The molecule has 132 valence electrons. The van der Waals surface area contributed by atoms with Gasteiger partial charge in [0.05, 0.1) is 24.2 Å². The van der Waals surface area contributed by atoms with Gasteiger partial charge >= 0.3 is 0 Å². The second-order valence-electron chi connectivity index (χ2n) is 7.02. The van der Waals surface area contributed by atoms with E-state index < -0.39 is 0 Å². The molecule has 0 N–H and O–H groups in total. The van der Waals surface area contributed by atoms with Gasteiger partial charge in [0.2, 0.25) is 11.8 Å². The van der Waals surface area contributed by atoms with Crippen LogP contribution in [0, 0.1) is 11.3 Å². The quantitative estimate of drug-likeness (QED) is 0.826. The van der Waals surface area contributed by atoms with Gasteiger partial charge in [-0.25, -0.2) is 0 Å². The monoisotopic (exact) mass is 340 g/mol. The maximum atomic E-state index is 12.5. The molecule has 2 aliphatic heterocycles. The third-order valence-corrected chi connectivity index (χ3v) is 5.08. The molecule has 1 aromatic rings. The Morgan fingerprint density at radius 2 is 1.88 bits per heavy atom. The van der Waals surface area contributed by atoms with E-state index in [1.54, 1.807) is 12.1 Å². The molecule has 1 aromatic carbocycles. The van der Waals surface area contributed by atoms with E-state index in [2.05, 4.69) is 6.07 Å². The molecule has 25 heavy (non-hydrogen) atoms. The second kappa shape index (κ2) is 7.24. The molecule has 0 bridgehead atoms. The predicted molar refractivity (Wildman–Crippen MR) is 93.4 cm³/mol. The summed E-state index contributed by atoms with van der Waals surface area (Å²) in [6.07, 6.45) is 0.805.